The molecule has 0 aliphatic heterocycles. The summed E-state index contributed by atoms with van der Waals surface area (Å²) in [5.74, 6) is -1.31. The van der Waals surface area contributed by atoms with Gasteiger partial charge in [0.15, 0.2) is 5.96 Å². The van der Waals surface area contributed by atoms with E-state index >= 15 is 0 Å². The quantitative estimate of drug-likeness (QED) is 0.205. The average Bonchev–Trinajstić information content (AvgIpc) is 1.84. The van der Waals surface area contributed by atoms with Gasteiger partial charge in [0.1, 0.15) is 6.54 Å². The molecular formula is C4H10N3NaO4S. The normalized spacial score (nSPS) is 8.77. The first-order chi connectivity index (χ1) is 5.43. The van der Waals surface area contributed by atoms with Crippen LogP contribution >= 0.6 is 0 Å². The van der Waals surface area contributed by atoms with Crippen LogP contribution in [0.25, 0.3) is 0 Å². The molecular weight excluding hydrogens is 209 g/mol. The summed E-state index contributed by atoms with van der Waals surface area (Å²) in [6.45, 7) is -0.362. The molecule has 0 aromatic rings. The number of carbonyl (C=O) groups excluding carboxylic acids is 1. The van der Waals surface area contributed by atoms with Crippen molar-refractivity contribution in [3.05, 3.63) is 0 Å². The molecule has 0 unspecified atom stereocenters. The summed E-state index contributed by atoms with van der Waals surface area (Å²) in [7, 11) is -1.81. The van der Waals surface area contributed by atoms with Gasteiger partial charge in [0, 0.05) is 7.05 Å². The molecule has 0 saturated heterocycles. The number of guanidine groups is 1. The van der Waals surface area contributed by atoms with Gasteiger partial charge < -0.3 is 14.8 Å². The molecule has 0 heterocycles. The van der Waals surface area contributed by atoms with Gasteiger partial charge >= 0.3 is 46.5 Å². The average molecular weight is 219 g/mol. The molecule has 7 nitrogen and oxygen atoms in total. The summed E-state index contributed by atoms with van der Waals surface area (Å²) < 4.78 is 23.5. The Bertz CT molecular complexity index is 258. The first-order valence-corrected chi connectivity index (χ1v) is 3.93. The van der Waals surface area contributed by atoms with E-state index in [1.54, 1.807) is 0 Å². The van der Waals surface area contributed by atoms with Crippen molar-refractivity contribution >= 4 is 52.5 Å². The van der Waals surface area contributed by atoms with E-state index in [2.05, 4.69) is 4.18 Å². The van der Waals surface area contributed by atoms with Crippen molar-refractivity contribution in [1.82, 2.24) is 4.90 Å². The second-order valence-electron chi connectivity index (χ2n) is 1.93. The minimum atomic E-state index is -3.18. The Morgan fingerprint density at radius 1 is 1.62 bits per heavy atom. The van der Waals surface area contributed by atoms with Crippen molar-refractivity contribution in [1.29, 1.82) is 5.41 Å². The molecule has 0 radical (unpaired) electrons. The van der Waals surface area contributed by atoms with Crippen LogP contribution < -0.4 is 5.73 Å². The Kier molecular flexibility index (Phi) is 8.32. The Morgan fingerprint density at radius 3 is 2.38 bits per heavy atom. The van der Waals surface area contributed by atoms with Gasteiger partial charge in [-0.25, -0.2) is 4.79 Å². The first kappa shape index (κ1) is 15.2. The van der Waals surface area contributed by atoms with Crippen LogP contribution in [0.3, 0.4) is 0 Å². The zero-order chi connectivity index (χ0) is 9.72. The first-order valence-electron chi connectivity index (χ1n) is 2.84. The molecule has 0 atom stereocenters. The van der Waals surface area contributed by atoms with Gasteiger partial charge in [-0.2, -0.15) is 8.42 Å². The third-order valence-corrected chi connectivity index (χ3v) is 1.31. The fraction of sp³-hybridized carbons (Fsp3) is 0.500. The van der Waals surface area contributed by atoms with Crippen LogP contribution in [0.1, 0.15) is 0 Å². The molecule has 0 aromatic carbocycles. The Morgan fingerprint density at radius 2 is 2.08 bits per heavy atom. The maximum atomic E-state index is 10.6. The molecule has 9 heteroatoms. The number of hydrogen-bond acceptors (Lipinski definition) is 5. The number of rotatable bonds is 3. The van der Waals surface area contributed by atoms with Crippen LogP contribution in [-0.4, -0.2) is 68.4 Å². The zero-order valence-corrected chi connectivity index (χ0v) is 7.21. The number of nitrogens with zero attached hydrogens (tertiary/aromatic N) is 1. The number of carbonyl (C=O) groups is 1. The second-order valence-corrected chi connectivity index (χ2v) is 2.56. The number of nitrogens with two attached hydrogens (primary N) is 1. The molecule has 0 amide bonds. The third-order valence-electron chi connectivity index (χ3n) is 0.954. The summed E-state index contributed by atoms with van der Waals surface area (Å²) in [6.07, 6.45) is 0. The van der Waals surface area contributed by atoms with E-state index in [1.807, 2.05) is 0 Å². The topological polar surface area (TPSA) is 114 Å². The molecule has 72 valence electrons. The summed E-state index contributed by atoms with van der Waals surface area (Å²) >= 11 is 0. The number of likely N-dealkylation sites (N-methyl/N-ethyl adjacent to an activating group) is 1. The second kappa shape index (κ2) is 7.13. The van der Waals surface area contributed by atoms with Gasteiger partial charge in [-0.1, -0.05) is 0 Å². The van der Waals surface area contributed by atoms with E-state index in [0.29, 0.717) is 0 Å². The van der Waals surface area contributed by atoms with Gasteiger partial charge in [-0.3, -0.25) is 5.41 Å². The van der Waals surface area contributed by atoms with Gasteiger partial charge in [0.2, 0.25) is 0 Å². The molecule has 0 saturated carbocycles. The maximum absolute atomic E-state index is 10.6. The zero-order valence-electron chi connectivity index (χ0n) is 6.31. The molecule has 0 aliphatic carbocycles. The molecule has 0 rings (SSSR count). The van der Waals surface area contributed by atoms with Gasteiger partial charge in [-0.05, 0) is 0 Å². The Hall–Kier alpha value is -0.310. The third kappa shape index (κ3) is 8.03. The molecule has 0 spiro atoms. The molecule has 3 N–H and O–H groups in total. The molecule has 0 aliphatic rings. The van der Waals surface area contributed by atoms with Crippen molar-refractivity contribution in [2.45, 2.75) is 0 Å². The fourth-order valence-electron chi connectivity index (χ4n) is 0.391. The van der Waals surface area contributed by atoms with E-state index in [-0.39, 0.29) is 42.1 Å². The van der Waals surface area contributed by atoms with Crippen LogP contribution in [-0.2, 0) is 20.0 Å². The number of hydrogen-bond donors (Lipinski definition) is 3. The molecule has 0 bridgehead atoms. The Labute approximate surface area is 99.2 Å². The summed E-state index contributed by atoms with van der Waals surface area (Å²) in [5.41, 5.74) is 4.97. The van der Waals surface area contributed by atoms with E-state index in [0.717, 1.165) is 4.90 Å². The van der Waals surface area contributed by atoms with Gasteiger partial charge in [0.05, 0.1) is 0 Å². The SMILES string of the molecule is CN(CC(=O)O[SH](=O)=O)C(=N)N.[NaH]. The summed E-state index contributed by atoms with van der Waals surface area (Å²) in [4.78, 5) is 11.6. The molecule has 13 heavy (non-hydrogen) atoms. The van der Waals surface area contributed by atoms with E-state index in [1.165, 1.54) is 7.05 Å². The van der Waals surface area contributed by atoms with E-state index < -0.39 is 17.0 Å². The monoisotopic (exact) mass is 219 g/mol. The number of thiol groups is 1. The van der Waals surface area contributed by atoms with Crippen LogP contribution in [0.2, 0.25) is 0 Å². The minimum absolute atomic E-state index is 0. The van der Waals surface area contributed by atoms with Crippen molar-refractivity contribution in [2.24, 2.45) is 5.73 Å². The number of nitrogens with one attached hydrogen (secondary N) is 1. The van der Waals surface area contributed by atoms with Crippen molar-refractivity contribution < 1.29 is 17.4 Å². The summed E-state index contributed by atoms with van der Waals surface area (Å²) in [5, 5.41) is 6.82. The van der Waals surface area contributed by atoms with Crippen LogP contribution in [0, 0.1) is 5.41 Å². The predicted octanol–water partition coefficient (Wildman–Crippen LogP) is -2.77. The van der Waals surface area contributed by atoms with Crippen LogP contribution in [0.5, 0.6) is 0 Å². The van der Waals surface area contributed by atoms with Crippen molar-refractivity contribution in [2.75, 3.05) is 13.6 Å². The van der Waals surface area contributed by atoms with Crippen LogP contribution in [0.4, 0.5) is 0 Å². The summed E-state index contributed by atoms with van der Waals surface area (Å²) in [6, 6.07) is 0. The van der Waals surface area contributed by atoms with Crippen molar-refractivity contribution in [3.63, 3.8) is 0 Å². The molecule has 0 fully saturated rings. The van der Waals surface area contributed by atoms with Gasteiger partial charge in [0.25, 0.3) is 0 Å². The Balaban J connectivity index is 0. The van der Waals surface area contributed by atoms with Crippen molar-refractivity contribution in [3.8, 4) is 0 Å². The van der Waals surface area contributed by atoms with Gasteiger partial charge in [-0.15, -0.1) is 0 Å². The van der Waals surface area contributed by atoms with E-state index in [9.17, 15) is 13.2 Å². The fourth-order valence-corrected chi connectivity index (χ4v) is 0.615. The standard InChI is InChI=1S/C4H9N3O4S.Na.H/c1-7(4(5)6)2-3(8)11-12(9)10;;/h12H,2H2,1H3,(H3,5,6);;. The predicted molar refractivity (Wildman–Crippen MR) is 48.1 cm³/mol. The molecule has 0 aromatic heterocycles. The van der Waals surface area contributed by atoms with Crippen LogP contribution in [0.15, 0.2) is 0 Å². The van der Waals surface area contributed by atoms with E-state index in [4.69, 9.17) is 11.1 Å².